The maximum atomic E-state index is 12.9. The highest BCUT2D eigenvalue weighted by molar-refractivity contribution is 7.89. The molecule has 1 heterocycles. The normalized spacial score (nSPS) is 15.0. The number of hydrogen-bond donors (Lipinski definition) is 2. The summed E-state index contributed by atoms with van der Waals surface area (Å²) < 4.78 is 27.5. The topological polar surface area (TPSA) is 115 Å². The number of aryl methyl sites for hydroxylation is 2. The second-order valence-corrected chi connectivity index (χ2v) is 9.27. The Kier molecular flexibility index (Phi) is 8.73. The Hall–Kier alpha value is -2.75. The van der Waals surface area contributed by atoms with Crippen LogP contribution in [-0.2, 0) is 26.0 Å². The van der Waals surface area contributed by atoms with Crippen molar-refractivity contribution in [2.75, 3.05) is 32.7 Å². The lowest BCUT2D eigenvalue weighted by atomic mass is 10.1. The quantitative estimate of drug-likeness (QED) is 0.672. The number of benzene rings is 2. The van der Waals surface area contributed by atoms with Gasteiger partial charge in [0.05, 0.1) is 4.90 Å². The van der Waals surface area contributed by atoms with E-state index in [1.54, 1.807) is 10.4 Å². The molecular formula is C22H28N2O6S. The number of nitrogens with zero attached hydrogens (tertiary/aromatic N) is 2. The van der Waals surface area contributed by atoms with Gasteiger partial charge in [-0.2, -0.15) is 4.31 Å². The van der Waals surface area contributed by atoms with Crippen molar-refractivity contribution in [2.45, 2.75) is 25.2 Å². The van der Waals surface area contributed by atoms with Crippen LogP contribution in [0.15, 0.2) is 53.4 Å². The molecule has 2 aromatic carbocycles. The molecule has 1 saturated heterocycles. The van der Waals surface area contributed by atoms with Crippen LogP contribution < -0.4 is 0 Å². The third kappa shape index (κ3) is 7.16. The molecule has 0 saturated carbocycles. The Labute approximate surface area is 182 Å². The van der Waals surface area contributed by atoms with E-state index in [0.29, 0.717) is 18.0 Å². The van der Waals surface area contributed by atoms with Crippen molar-refractivity contribution in [3.63, 3.8) is 0 Å². The molecule has 168 valence electrons. The molecule has 1 aliphatic heterocycles. The number of sulfonamides is 1. The van der Waals surface area contributed by atoms with Gasteiger partial charge in [-0.25, -0.2) is 18.0 Å². The number of carboxylic acid groups (broad SMARTS) is 2. The van der Waals surface area contributed by atoms with E-state index in [-0.39, 0.29) is 0 Å². The zero-order valence-electron chi connectivity index (χ0n) is 17.7. The van der Waals surface area contributed by atoms with Crippen LogP contribution in [0.25, 0.3) is 0 Å². The van der Waals surface area contributed by atoms with Crippen LogP contribution >= 0.6 is 0 Å². The van der Waals surface area contributed by atoms with Gasteiger partial charge in [-0.15, -0.1) is 0 Å². The summed E-state index contributed by atoms with van der Waals surface area (Å²) in [6.45, 7) is 7.52. The zero-order valence-corrected chi connectivity index (χ0v) is 18.5. The summed E-state index contributed by atoms with van der Waals surface area (Å²) in [4.78, 5) is 21.0. The van der Waals surface area contributed by atoms with E-state index in [1.807, 2.05) is 32.0 Å². The molecule has 0 bridgehead atoms. The van der Waals surface area contributed by atoms with Crippen molar-refractivity contribution in [1.82, 2.24) is 9.21 Å². The summed E-state index contributed by atoms with van der Waals surface area (Å²) in [5, 5.41) is 14.8. The first-order valence-electron chi connectivity index (χ1n) is 9.91. The van der Waals surface area contributed by atoms with E-state index >= 15 is 0 Å². The first-order valence-corrected chi connectivity index (χ1v) is 11.3. The Balaban J connectivity index is 0.000000501. The molecule has 1 aliphatic rings. The van der Waals surface area contributed by atoms with E-state index in [0.717, 1.165) is 37.2 Å². The number of rotatable bonds is 5. The number of carboxylic acids is 2. The minimum Gasteiger partial charge on any atom is -0.473 e. The standard InChI is InChI=1S/C20H26N2O2S.C2H2O4/c1-17-8-9-20(18(2)16-17)25(23,24)22-14-12-21(13-15-22)11-10-19-6-4-3-5-7-19;3-1(4)2(5)6/h3-9,16H,10-15H2,1-2H3;(H,3,4)(H,5,6). The summed E-state index contributed by atoms with van der Waals surface area (Å²) in [5.41, 5.74) is 3.24. The monoisotopic (exact) mass is 448 g/mol. The summed E-state index contributed by atoms with van der Waals surface area (Å²) in [7, 11) is -3.39. The number of piperazine rings is 1. The van der Waals surface area contributed by atoms with Crippen molar-refractivity contribution in [3.8, 4) is 0 Å². The highest BCUT2D eigenvalue weighted by atomic mass is 32.2. The smallest absolute Gasteiger partial charge is 0.414 e. The number of carbonyl (C=O) groups is 2. The van der Waals surface area contributed by atoms with Crippen molar-refractivity contribution < 1.29 is 28.2 Å². The van der Waals surface area contributed by atoms with Crippen LogP contribution in [0.2, 0.25) is 0 Å². The molecule has 0 atom stereocenters. The highest BCUT2D eigenvalue weighted by Gasteiger charge is 2.29. The van der Waals surface area contributed by atoms with Crippen LogP contribution in [-0.4, -0.2) is 72.5 Å². The first kappa shape index (κ1) is 24.5. The van der Waals surface area contributed by atoms with Crippen LogP contribution in [0.3, 0.4) is 0 Å². The predicted molar refractivity (Wildman–Crippen MR) is 117 cm³/mol. The minimum atomic E-state index is -3.39. The fourth-order valence-electron chi connectivity index (χ4n) is 3.35. The van der Waals surface area contributed by atoms with E-state index < -0.39 is 22.0 Å². The SMILES string of the molecule is Cc1ccc(S(=O)(=O)N2CCN(CCc3ccccc3)CC2)c(C)c1.O=C(O)C(=O)O. The van der Waals surface area contributed by atoms with Crippen molar-refractivity contribution in [1.29, 1.82) is 0 Å². The van der Waals surface area contributed by atoms with Crippen LogP contribution in [0.1, 0.15) is 16.7 Å². The molecule has 0 spiro atoms. The van der Waals surface area contributed by atoms with Crippen LogP contribution in [0.4, 0.5) is 0 Å². The summed E-state index contributed by atoms with van der Waals surface area (Å²) in [5.74, 6) is -3.65. The molecule has 3 rings (SSSR count). The second kappa shape index (κ2) is 11.0. The second-order valence-electron chi connectivity index (χ2n) is 7.36. The maximum Gasteiger partial charge on any atom is 0.414 e. The average Bonchev–Trinajstić information content (AvgIpc) is 2.73. The average molecular weight is 449 g/mol. The van der Waals surface area contributed by atoms with Gasteiger partial charge < -0.3 is 15.1 Å². The Bertz CT molecular complexity index is 988. The fraction of sp³-hybridized carbons (Fsp3) is 0.364. The third-order valence-electron chi connectivity index (χ3n) is 5.02. The van der Waals surface area contributed by atoms with Gasteiger partial charge >= 0.3 is 11.9 Å². The lowest BCUT2D eigenvalue weighted by Gasteiger charge is -2.34. The first-order chi connectivity index (χ1) is 14.6. The number of aliphatic carboxylic acids is 2. The molecule has 31 heavy (non-hydrogen) atoms. The van der Waals surface area contributed by atoms with Gasteiger partial charge in [-0.3, -0.25) is 0 Å². The third-order valence-corrected chi connectivity index (χ3v) is 7.08. The van der Waals surface area contributed by atoms with Gasteiger partial charge in [0.2, 0.25) is 10.0 Å². The van der Waals surface area contributed by atoms with Gasteiger partial charge in [0.1, 0.15) is 0 Å². The molecule has 0 amide bonds. The van der Waals surface area contributed by atoms with Crippen molar-refractivity contribution in [2.24, 2.45) is 0 Å². The van der Waals surface area contributed by atoms with Crippen molar-refractivity contribution >= 4 is 22.0 Å². The fourth-order valence-corrected chi connectivity index (χ4v) is 4.98. The van der Waals surface area contributed by atoms with Crippen LogP contribution in [0, 0.1) is 13.8 Å². The van der Waals surface area contributed by atoms with E-state index in [4.69, 9.17) is 19.8 Å². The van der Waals surface area contributed by atoms with Gasteiger partial charge in [-0.1, -0.05) is 48.0 Å². The Morgan fingerprint density at radius 1 is 0.903 bits per heavy atom. The van der Waals surface area contributed by atoms with Crippen LogP contribution in [0.5, 0.6) is 0 Å². The summed E-state index contributed by atoms with van der Waals surface area (Å²) in [6.07, 6.45) is 1.00. The Morgan fingerprint density at radius 2 is 1.48 bits per heavy atom. The molecule has 2 N–H and O–H groups in total. The van der Waals surface area contributed by atoms with E-state index in [2.05, 4.69) is 29.2 Å². The molecular weight excluding hydrogens is 420 g/mol. The largest absolute Gasteiger partial charge is 0.473 e. The van der Waals surface area contributed by atoms with E-state index in [9.17, 15) is 8.42 Å². The summed E-state index contributed by atoms with van der Waals surface area (Å²) >= 11 is 0. The van der Waals surface area contributed by atoms with Gasteiger partial charge in [0.15, 0.2) is 0 Å². The molecule has 0 radical (unpaired) electrons. The summed E-state index contributed by atoms with van der Waals surface area (Å²) in [6, 6.07) is 16.0. The van der Waals surface area contributed by atoms with Gasteiger partial charge in [-0.05, 0) is 37.5 Å². The zero-order chi connectivity index (χ0) is 23.0. The molecule has 9 heteroatoms. The lowest BCUT2D eigenvalue weighted by Crippen LogP contribution is -2.49. The molecule has 0 aliphatic carbocycles. The molecule has 0 aromatic heterocycles. The molecule has 8 nitrogen and oxygen atoms in total. The van der Waals surface area contributed by atoms with Crippen molar-refractivity contribution in [3.05, 3.63) is 65.2 Å². The minimum absolute atomic E-state index is 0.441. The maximum absolute atomic E-state index is 12.9. The molecule has 0 unspecified atom stereocenters. The Morgan fingerprint density at radius 3 is 2.00 bits per heavy atom. The highest BCUT2D eigenvalue weighted by Crippen LogP contribution is 2.22. The molecule has 1 fully saturated rings. The van der Waals surface area contributed by atoms with Gasteiger partial charge in [0, 0.05) is 32.7 Å². The molecule has 2 aromatic rings. The number of hydrogen-bond acceptors (Lipinski definition) is 5. The van der Waals surface area contributed by atoms with Gasteiger partial charge in [0.25, 0.3) is 0 Å². The predicted octanol–water partition coefficient (Wildman–Crippen LogP) is 2.01. The lowest BCUT2D eigenvalue weighted by molar-refractivity contribution is -0.159. The van der Waals surface area contributed by atoms with E-state index in [1.165, 1.54) is 5.56 Å².